The summed E-state index contributed by atoms with van der Waals surface area (Å²) in [4.78, 5) is 7.80. The van der Waals surface area contributed by atoms with Gasteiger partial charge in [-0.3, -0.25) is 0 Å². The van der Waals surface area contributed by atoms with Gasteiger partial charge in [0.1, 0.15) is 5.03 Å². The molecule has 0 spiro atoms. The Bertz CT molecular complexity index is 439. The van der Waals surface area contributed by atoms with Crippen molar-refractivity contribution in [3.8, 4) is 0 Å². The van der Waals surface area contributed by atoms with Gasteiger partial charge in [0.25, 0.3) is 0 Å². The largest absolute Gasteiger partial charge is 0.368 e. The van der Waals surface area contributed by atoms with E-state index in [-0.39, 0.29) is 5.95 Å². The Kier molecular flexibility index (Phi) is 2.27. The van der Waals surface area contributed by atoms with E-state index in [0.717, 1.165) is 5.03 Å². The molecule has 0 aliphatic rings. The van der Waals surface area contributed by atoms with Crippen LogP contribution in [0.3, 0.4) is 0 Å². The van der Waals surface area contributed by atoms with E-state index in [1.54, 1.807) is 24.0 Å². The van der Waals surface area contributed by atoms with Crippen LogP contribution in [0.25, 0.3) is 0 Å². The Balaban J connectivity index is 2.23. The fraction of sp³-hybridized carbons (Fsp3) is 0.167. The predicted molar refractivity (Wildman–Crippen MR) is 49.4 cm³/mol. The molecule has 2 N–H and O–H groups in total. The molecule has 0 saturated heterocycles. The van der Waals surface area contributed by atoms with Gasteiger partial charge in [-0.2, -0.15) is 0 Å². The van der Waals surface area contributed by atoms with Crippen LogP contribution in [-0.2, 0) is 7.05 Å². The molecule has 7 nitrogen and oxygen atoms in total. The van der Waals surface area contributed by atoms with Gasteiger partial charge in [-0.05, 0) is 28.3 Å². The Hall–Kier alpha value is -1.70. The summed E-state index contributed by atoms with van der Waals surface area (Å²) in [6, 6.07) is 1.75. The van der Waals surface area contributed by atoms with E-state index in [1.165, 1.54) is 11.8 Å². The van der Waals surface area contributed by atoms with Gasteiger partial charge in [0, 0.05) is 13.2 Å². The number of hydrogen-bond donors (Lipinski definition) is 1. The molecule has 0 saturated carbocycles. The molecule has 2 rings (SSSR count). The summed E-state index contributed by atoms with van der Waals surface area (Å²) in [6.07, 6.45) is 1.59. The zero-order chi connectivity index (χ0) is 9.97. The molecule has 0 radical (unpaired) electrons. The van der Waals surface area contributed by atoms with E-state index in [0.29, 0.717) is 5.16 Å². The molecule has 72 valence electrons. The third-order valence-corrected chi connectivity index (χ3v) is 2.39. The van der Waals surface area contributed by atoms with Crippen molar-refractivity contribution < 1.29 is 0 Å². The van der Waals surface area contributed by atoms with Gasteiger partial charge in [-0.25, -0.2) is 14.6 Å². The third-order valence-electron chi connectivity index (χ3n) is 1.43. The zero-order valence-electron chi connectivity index (χ0n) is 7.32. The van der Waals surface area contributed by atoms with Crippen LogP contribution in [-0.4, -0.2) is 30.2 Å². The first-order valence-corrected chi connectivity index (χ1v) is 4.56. The van der Waals surface area contributed by atoms with Gasteiger partial charge in [0.15, 0.2) is 0 Å². The quantitative estimate of drug-likeness (QED) is 0.680. The van der Waals surface area contributed by atoms with E-state index >= 15 is 0 Å². The van der Waals surface area contributed by atoms with Gasteiger partial charge in [-0.15, -0.1) is 5.10 Å². The second-order valence-electron chi connectivity index (χ2n) is 2.44. The summed E-state index contributed by atoms with van der Waals surface area (Å²) in [5, 5.41) is 12.4. The Morgan fingerprint density at radius 1 is 1.50 bits per heavy atom. The molecule has 0 aromatic carbocycles. The Morgan fingerprint density at radius 3 is 3.00 bits per heavy atom. The van der Waals surface area contributed by atoms with Gasteiger partial charge in [0.2, 0.25) is 11.1 Å². The normalized spacial score (nSPS) is 10.4. The van der Waals surface area contributed by atoms with Crippen molar-refractivity contribution in [3.63, 3.8) is 0 Å². The molecule has 0 aliphatic heterocycles. The van der Waals surface area contributed by atoms with Crippen LogP contribution in [0.5, 0.6) is 0 Å². The molecule has 0 bridgehead atoms. The molecular weight excluding hydrogens is 202 g/mol. The molecule has 0 amide bonds. The highest BCUT2D eigenvalue weighted by Gasteiger charge is 2.05. The van der Waals surface area contributed by atoms with Crippen molar-refractivity contribution in [2.75, 3.05) is 5.73 Å². The molecule has 0 aliphatic carbocycles. The van der Waals surface area contributed by atoms with E-state index in [4.69, 9.17) is 5.73 Å². The van der Waals surface area contributed by atoms with Crippen molar-refractivity contribution in [1.82, 2.24) is 30.2 Å². The third kappa shape index (κ3) is 1.79. The zero-order valence-corrected chi connectivity index (χ0v) is 8.14. The highest BCUT2D eigenvalue weighted by Crippen LogP contribution is 2.22. The number of aromatic nitrogens is 6. The molecule has 2 heterocycles. The van der Waals surface area contributed by atoms with Crippen molar-refractivity contribution in [2.24, 2.45) is 7.05 Å². The number of nitrogens with zero attached hydrogens (tertiary/aromatic N) is 6. The van der Waals surface area contributed by atoms with Crippen LogP contribution in [0.4, 0.5) is 5.95 Å². The van der Waals surface area contributed by atoms with Crippen molar-refractivity contribution in [1.29, 1.82) is 0 Å². The molecule has 2 aromatic rings. The van der Waals surface area contributed by atoms with Crippen molar-refractivity contribution >= 4 is 17.7 Å². The molecule has 0 fully saturated rings. The maximum atomic E-state index is 5.43. The molecular formula is C6H7N7S. The second-order valence-corrected chi connectivity index (χ2v) is 3.43. The van der Waals surface area contributed by atoms with Crippen LogP contribution in [0, 0.1) is 0 Å². The lowest BCUT2D eigenvalue weighted by atomic mass is 10.7. The first-order chi connectivity index (χ1) is 6.75. The van der Waals surface area contributed by atoms with E-state index in [2.05, 4.69) is 25.5 Å². The Morgan fingerprint density at radius 2 is 2.36 bits per heavy atom. The SMILES string of the molecule is Cn1nnnc1Sc1ccnc(N)n1. The number of nitrogen functional groups attached to an aromatic ring is 1. The summed E-state index contributed by atoms with van der Waals surface area (Å²) in [5.41, 5.74) is 5.43. The smallest absolute Gasteiger partial charge is 0.221 e. The van der Waals surface area contributed by atoms with Gasteiger partial charge >= 0.3 is 0 Å². The molecule has 2 aromatic heterocycles. The average Bonchev–Trinajstić information content (AvgIpc) is 2.52. The number of hydrogen-bond acceptors (Lipinski definition) is 7. The molecule has 0 atom stereocenters. The summed E-state index contributed by atoms with van der Waals surface area (Å²) in [7, 11) is 1.76. The highest BCUT2D eigenvalue weighted by molar-refractivity contribution is 7.99. The number of tetrazole rings is 1. The summed E-state index contributed by atoms with van der Waals surface area (Å²) < 4.78 is 1.56. The summed E-state index contributed by atoms with van der Waals surface area (Å²) in [6.45, 7) is 0. The summed E-state index contributed by atoms with van der Waals surface area (Å²) >= 11 is 1.33. The number of anilines is 1. The van der Waals surface area contributed by atoms with E-state index in [9.17, 15) is 0 Å². The summed E-state index contributed by atoms with van der Waals surface area (Å²) in [5.74, 6) is 0.241. The minimum absolute atomic E-state index is 0.241. The number of nitrogens with two attached hydrogens (primary N) is 1. The Labute approximate surface area is 83.7 Å². The van der Waals surface area contributed by atoms with E-state index in [1.807, 2.05) is 0 Å². The van der Waals surface area contributed by atoms with Gasteiger partial charge < -0.3 is 5.73 Å². The topological polar surface area (TPSA) is 95.4 Å². The fourth-order valence-electron chi connectivity index (χ4n) is 0.815. The lowest BCUT2D eigenvalue weighted by molar-refractivity contribution is 0.664. The maximum absolute atomic E-state index is 5.43. The second kappa shape index (κ2) is 3.58. The first kappa shape index (κ1) is 8.88. The highest BCUT2D eigenvalue weighted by atomic mass is 32.2. The van der Waals surface area contributed by atoms with Crippen molar-refractivity contribution in [2.45, 2.75) is 10.2 Å². The van der Waals surface area contributed by atoms with Crippen LogP contribution in [0.1, 0.15) is 0 Å². The fourth-order valence-corrected chi connectivity index (χ4v) is 1.52. The van der Waals surface area contributed by atoms with Crippen LogP contribution < -0.4 is 5.73 Å². The standard InChI is InChI=1S/C6H7N7S/c1-13-6(10-11-12-13)14-4-2-3-8-5(7)9-4/h2-3H,1H3,(H2,7,8,9). The average molecular weight is 209 g/mol. The van der Waals surface area contributed by atoms with Crippen LogP contribution in [0.2, 0.25) is 0 Å². The van der Waals surface area contributed by atoms with Crippen LogP contribution >= 0.6 is 11.8 Å². The van der Waals surface area contributed by atoms with Gasteiger partial charge in [0.05, 0.1) is 0 Å². The van der Waals surface area contributed by atoms with Crippen molar-refractivity contribution in [3.05, 3.63) is 12.3 Å². The van der Waals surface area contributed by atoms with Crippen LogP contribution in [0.15, 0.2) is 22.4 Å². The lowest BCUT2D eigenvalue weighted by Gasteiger charge is -1.98. The minimum Gasteiger partial charge on any atom is -0.368 e. The molecule has 14 heavy (non-hydrogen) atoms. The number of aryl methyl sites for hydroxylation is 1. The first-order valence-electron chi connectivity index (χ1n) is 3.74. The molecule has 8 heteroatoms. The monoisotopic (exact) mass is 209 g/mol. The number of rotatable bonds is 2. The lowest BCUT2D eigenvalue weighted by Crippen LogP contribution is -1.96. The van der Waals surface area contributed by atoms with E-state index < -0.39 is 0 Å². The maximum Gasteiger partial charge on any atom is 0.221 e. The molecule has 0 unspecified atom stereocenters. The minimum atomic E-state index is 0.241. The van der Waals surface area contributed by atoms with Gasteiger partial charge in [-0.1, -0.05) is 0 Å². The predicted octanol–water partition coefficient (Wildman–Crippen LogP) is -0.267.